The van der Waals surface area contributed by atoms with Gasteiger partial charge in [-0.3, -0.25) is 19.2 Å². The molecule has 138 valence electrons. The highest BCUT2D eigenvalue weighted by atomic mass is 32.2. The van der Waals surface area contributed by atoms with Crippen molar-refractivity contribution in [3.63, 3.8) is 0 Å². The van der Waals surface area contributed by atoms with Crippen LogP contribution in [-0.2, 0) is 14.8 Å². The molecule has 0 aliphatic heterocycles. The summed E-state index contributed by atoms with van der Waals surface area (Å²) in [6, 6.07) is 11.2. The Kier molecular flexibility index (Phi) is 5.61. The molecule has 0 aliphatic rings. The van der Waals surface area contributed by atoms with Crippen molar-refractivity contribution in [3.8, 4) is 0 Å². The van der Waals surface area contributed by atoms with Gasteiger partial charge in [0, 0.05) is 17.8 Å². The van der Waals surface area contributed by atoms with E-state index in [0.29, 0.717) is 5.69 Å². The standard InChI is InChI=1S/C17H19N3O5S/c1-12-6-4-8-15(10-12)19(26(3,24)25)13(2)17(21)18-14-7-5-9-16(11-14)20(22)23/h4-11,13H,1-3H3,(H,18,21)/t13-/m1/s1. The molecule has 0 bridgehead atoms. The summed E-state index contributed by atoms with van der Waals surface area (Å²) in [4.78, 5) is 22.8. The van der Waals surface area contributed by atoms with Crippen molar-refractivity contribution in [1.82, 2.24) is 0 Å². The van der Waals surface area contributed by atoms with Gasteiger partial charge in [0.25, 0.3) is 5.69 Å². The quantitative estimate of drug-likeness (QED) is 0.615. The lowest BCUT2D eigenvalue weighted by Crippen LogP contribution is -2.45. The molecule has 1 N–H and O–H groups in total. The second-order valence-corrected chi connectivity index (χ2v) is 7.73. The molecule has 0 spiro atoms. The molecule has 1 amide bonds. The van der Waals surface area contributed by atoms with Gasteiger partial charge in [0.1, 0.15) is 6.04 Å². The van der Waals surface area contributed by atoms with E-state index in [1.807, 2.05) is 13.0 Å². The topological polar surface area (TPSA) is 110 Å². The molecule has 1 atom stereocenters. The molecule has 0 radical (unpaired) electrons. The van der Waals surface area contributed by atoms with E-state index >= 15 is 0 Å². The number of sulfonamides is 1. The van der Waals surface area contributed by atoms with Crippen LogP contribution in [0, 0.1) is 17.0 Å². The fraction of sp³-hybridized carbons (Fsp3) is 0.235. The highest BCUT2D eigenvalue weighted by Crippen LogP contribution is 2.23. The summed E-state index contributed by atoms with van der Waals surface area (Å²) in [5.74, 6) is -0.600. The monoisotopic (exact) mass is 377 g/mol. The fourth-order valence-electron chi connectivity index (χ4n) is 2.52. The van der Waals surface area contributed by atoms with Crippen LogP contribution < -0.4 is 9.62 Å². The lowest BCUT2D eigenvalue weighted by molar-refractivity contribution is -0.384. The normalized spacial score (nSPS) is 12.3. The summed E-state index contributed by atoms with van der Waals surface area (Å²) < 4.78 is 25.5. The van der Waals surface area contributed by atoms with Gasteiger partial charge in [-0.1, -0.05) is 18.2 Å². The zero-order chi connectivity index (χ0) is 19.5. The molecular weight excluding hydrogens is 358 g/mol. The average Bonchev–Trinajstić information content (AvgIpc) is 2.53. The van der Waals surface area contributed by atoms with Crippen LogP contribution in [-0.4, -0.2) is 31.5 Å². The zero-order valence-corrected chi connectivity index (χ0v) is 15.4. The Morgan fingerprint density at radius 3 is 2.42 bits per heavy atom. The number of hydrogen-bond donors (Lipinski definition) is 1. The number of carbonyl (C=O) groups is 1. The number of nitrogens with one attached hydrogen (secondary N) is 1. The summed E-state index contributed by atoms with van der Waals surface area (Å²) in [5.41, 5.74) is 1.26. The number of non-ortho nitro benzene ring substituents is 1. The Labute approximate surface area is 151 Å². The number of carbonyl (C=O) groups excluding carboxylic acids is 1. The minimum absolute atomic E-state index is 0.172. The molecule has 2 aromatic rings. The Bertz CT molecular complexity index is 943. The molecule has 0 aromatic heterocycles. The van der Waals surface area contributed by atoms with Crippen LogP contribution >= 0.6 is 0 Å². The summed E-state index contributed by atoms with van der Waals surface area (Å²) in [6.07, 6.45) is 1.02. The molecule has 0 saturated heterocycles. The number of rotatable bonds is 6. The average molecular weight is 377 g/mol. The van der Waals surface area contributed by atoms with Crippen LogP contribution in [0.5, 0.6) is 0 Å². The van der Waals surface area contributed by atoms with E-state index in [1.54, 1.807) is 18.2 Å². The van der Waals surface area contributed by atoms with Gasteiger partial charge in [0.2, 0.25) is 15.9 Å². The summed E-state index contributed by atoms with van der Waals surface area (Å²) in [5, 5.41) is 13.4. The molecule has 26 heavy (non-hydrogen) atoms. The van der Waals surface area contributed by atoms with Gasteiger partial charge >= 0.3 is 0 Å². The number of hydrogen-bond acceptors (Lipinski definition) is 5. The van der Waals surface area contributed by atoms with Crippen molar-refractivity contribution in [1.29, 1.82) is 0 Å². The SMILES string of the molecule is Cc1cccc(N([C@H](C)C(=O)Nc2cccc([N+](=O)[O-])c2)S(C)(=O)=O)c1. The first-order valence-corrected chi connectivity index (χ1v) is 9.56. The van der Waals surface area contributed by atoms with Gasteiger partial charge < -0.3 is 5.32 Å². The number of anilines is 2. The van der Waals surface area contributed by atoms with Gasteiger partial charge in [-0.25, -0.2) is 8.42 Å². The van der Waals surface area contributed by atoms with Gasteiger partial charge in [-0.05, 0) is 37.6 Å². The van der Waals surface area contributed by atoms with E-state index in [4.69, 9.17) is 0 Å². The Morgan fingerprint density at radius 2 is 1.85 bits per heavy atom. The first-order chi connectivity index (χ1) is 12.1. The van der Waals surface area contributed by atoms with E-state index in [2.05, 4.69) is 5.32 Å². The van der Waals surface area contributed by atoms with Crippen molar-refractivity contribution >= 4 is 33.0 Å². The molecule has 0 unspecified atom stereocenters. The first-order valence-electron chi connectivity index (χ1n) is 7.71. The number of amides is 1. The maximum Gasteiger partial charge on any atom is 0.271 e. The maximum atomic E-state index is 12.6. The molecular formula is C17H19N3O5S. The van der Waals surface area contributed by atoms with E-state index < -0.39 is 26.9 Å². The minimum atomic E-state index is -3.73. The van der Waals surface area contributed by atoms with Gasteiger partial charge in [0.05, 0.1) is 16.9 Å². The van der Waals surface area contributed by atoms with Crippen molar-refractivity contribution in [3.05, 3.63) is 64.2 Å². The Morgan fingerprint density at radius 1 is 1.19 bits per heavy atom. The number of nitro groups is 1. The van der Waals surface area contributed by atoms with E-state index in [9.17, 15) is 23.3 Å². The second kappa shape index (κ2) is 7.52. The Balaban J connectivity index is 2.31. The number of nitrogens with zero attached hydrogens (tertiary/aromatic N) is 2. The third-order valence-electron chi connectivity index (χ3n) is 3.67. The summed E-state index contributed by atoms with van der Waals surface area (Å²) >= 11 is 0. The predicted molar refractivity (Wildman–Crippen MR) is 99.7 cm³/mol. The largest absolute Gasteiger partial charge is 0.324 e. The molecule has 9 heteroatoms. The number of benzene rings is 2. The fourth-order valence-corrected chi connectivity index (χ4v) is 3.68. The van der Waals surface area contributed by atoms with E-state index in [-0.39, 0.29) is 11.4 Å². The van der Waals surface area contributed by atoms with Crippen LogP contribution in [0.2, 0.25) is 0 Å². The van der Waals surface area contributed by atoms with Crippen molar-refractivity contribution in [2.45, 2.75) is 19.9 Å². The van der Waals surface area contributed by atoms with Crippen LogP contribution in [0.3, 0.4) is 0 Å². The highest BCUT2D eigenvalue weighted by Gasteiger charge is 2.29. The van der Waals surface area contributed by atoms with Gasteiger partial charge in [-0.2, -0.15) is 0 Å². The van der Waals surface area contributed by atoms with E-state index in [1.165, 1.54) is 31.2 Å². The van der Waals surface area contributed by atoms with Crippen LogP contribution in [0.15, 0.2) is 48.5 Å². The molecule has 2 aromatic carbocycles. The molecule has 0 saturated carbocycles. The maximum absolute atomic E-state index is 12.6. The number of nitro benzene ring substituents is 1. The summed E-state index contributed by atoms with van der Waals surface area (Å²) in [6.45, 7) is 3.27. The number of aryl methyl sites for hydroxylation is 1. The van der Waals surface area contributed by atoms with Gasteiger partial charge in [-0.15, -0.1) is 0 Å². The molecule has 0 heterocycles. The van der Waals surface area contributed by atoms with Crippen LogP contribution in [0.1, 0.15) is 12.5 Å². The van der Waals surface area contributed by atoms with E-state index in [0.717, 1.165) is 16.1 Å². The van der Waals surface area contributed by atoms with Crippen molar-refractivity contribution < 1.29 is 18.1 Å². The molecule has 0 aliphatic carbocycles. The zero-order valence-electron chi connectivity index (χ0n) is 14.5. The third-order valence-corrected chi connectivity index (χ3v) is 4.91. The lowest BCUT2D eigenvalue weighted by Gasteiger charge is -2.28. The summed E-state index contributed by atoms with van der Waals surface area (Å²) in [7, 11) is -3.73. The predicted octanol–water partition coefficient (Wildman–Crippen LogP) is 2.70. The van der Waals surface area contributed by atoms with Crippen molar-refractivity contribution in [2.24, 2.45) is 0 Å². The van der Waals surface area contributed by atoms with Gasteiger partial charge in [0.15, 0.2) is 0 Å². The smallest absolute Gasteiger partial charge is 0.271 e. The lowest BCUT2D eigenvalue weighted by atomic mass is 10.2. The second-order valence-electron chi connectivity index (χ2n) is 5.87. The first kappa shape index (κ1) is 19.4. The van der Waals surface area contributed by atoms with Crippen molar-refractivity contribution in [2.75, 3.05) is 15.9 Å². The van der Waals surface area contributed by atoms with Crippen LogP contribution in [0.4, 0.5) is 17.1 Å². The van der Waals surface area contributed by atoms with Crippen LogP contribution in [0.25, 0.3) is 0 Å². The Hall–Kier alpha value is -2.94. The minimum Gasteiger partial charge on any atom is -0.324 e. The molecule has 8 nitrogen and oxygen atoms in total. The molecule has 0 fully saturated rings. The third kappa shape index (κ3) is 4.57. The molecule has 2 rings (SSSR count). The highest BCUT2D eigenvalue weighted by molar-refractivity contribution is 7.92.